The zero-order chi connectivity index (χ0) is 11.4. The van der Waals surface area contributed by atoms with Crippen molar-refractivity contribution >= 4 is 22.7 Å². The van der Waals surface area contributed by atoms with Crippen LogP contribution in [0.2, 0.25) is 0 Å². The third kappa shape index (κ3) is 2.60. The molecule has 0 aliphatic carbocycles. The quantitative estimate of drug-likeness (QED) is 0.832. The SMILES string of the molecule is CSC(C)CNCc1cccc2cc[nH]c12. The van der Waals surface area contributed by atoms with Gasteiger partial charge in [0.05, 0.1) is 0 Å². The monoisotopic (exact) mass is 234 g/mol. The Kier molecular flexibility index (Phi) is 3.91. The molecule has 0 fully saturated rings. The third-order valence-electron chi connectivity index (χ3n) is 2.82. The summed E-state index contributed by atoms with van der Waals surface area (Å²) < 4.78 is 0. The van der Waals surface area contributed by atoms with Crippen molar-refractivity contribution in [2.24, 2.45) is 0 Å². The maximum atomic E-state index is 3.49. The molecular weight excluding hydrogens is 216 g/mol. The number of hydrogen-bond donors (Lipinski definition) is 2. The van der Waals surface area contributed by atoms with Gasteiger partial charge in [0.2, 0.25) is 0 Å². The maximum Gasteiger partial charge on any atom is 0.0499 e. The van der Waals surface area contributed by atoms with Crippen LogP contribution >= 0.6 is 11.8 Å². The highest BCUT2D eigenvalue weighted by molar-refractivity contribution is 7.99. The average molecular weight is 234 g/mol. The van der Waals surface area contributed by atoms with Crippen molar-refractivity contribution in [3.05, 3.63) is 36.0 Å². The second-order valence-corrected chi connectivity index (χ2v) is 5.31. The number of H-pyrrole nitrogens is 1. The zero-order valence-corrected chi connectivity index (χ0v) is 10.6. The standard InChI is InChI=1S/C13H18N2S/c1-10(16-2)8-14-9-12-5-3-4-11-6-7-15-13(11)12/h3-7,10,14-15H,8-9H2,1-2H3. The first kappa shape index (κ1) is 11.6. The molecule has 1 aromatic carbocycles. The molecule has 3 heteroatoms. The van der Waals surface area contributed by atoms with Crippen LogP contribution in [0.15, 0.2) is 30.5 Å². The van der Waals surface area contributed by atoms with Gasteiger partial charge in [0.15, 0.2) is 0 Å². The second kappa shape index (κ2) is 5.41. The second-order valence-electron chi connectivity index (χ2n) is 4.04. The van der Waals surface area contributed by atoms with E-state index in [1.807, 2.05) is 18.0 Å². The van der Waals surface area contributed by atoms with Crippen LogP contribution in [-0.2, 0) is 6.54 Å². The van der Waals surface area contributed by atoms with Gasteiger partial charge < -0.3 is 10.3 Å². The Morgan fingerprint density at radius 3 is 3.06 bits per heavy atom. The largest absolute Gasteiger partial charge is 0.361 e. The van der Waals surface area contributed by atoms with Gasteiger partial charge in [0, 0.05) is 30.1 Å². The Morgan fingerprint density at radius 1 is 1.38 bits per heavy atom. The number of aromatic nitrogens is 1. The summed E-state index contributed by atoms with van der Waals surface area (Å²) in [7, 11) is 0. The fourth-order valence-corrected chi connectivity index (χ4v) is 2.07. The molecule has 0 spiro atoms. The molecular formula is C13H18N2S. The topological polar surface area (TPSA) is 27.8 Å². The first-order valence-corrected chi connectivity index (χ1v) is 6.88. The van der Waals surface area contributed by atoms with Crippen molar-refractivity contribution in [2.45, 2.75) is 18.7 Å². The van der Waals surface area contributed by atoms with Crippen LogP contribution in [0.25, 0.3) is 10.9 Å². The van der Waals surface area contributed by atoms with Crippen LogP contribution in [0.4, 0.5) is 0 Å². The summed E-state index contributed by atoms with van der Waals surface area (Å²) >= 11 is 1.89. The summed E-state index contributed by atoms with van der Waals surface area (Å²) in [4.78, 5) is 3.30. The summed E-state index contributed by atoms with van der Waals surface area (Å²) in [5.41, 5.74) is 2.60. The Hall–Kier alpha value is -0.930. The number of para-hydroxylation sites is 1. The van der Waals surface area contributed by atoms with E-state index in [0.29, 0.717) is 5.25 Å². The molecule has 0 saturated carbocycles. The molecule has 1 unspecified atom stereocenters. The lowest BCUT2D eigenvalue weighted by Gasteiger charge is -2.10. The predicted octanol–water partition coefficient (Wildman–Crippen LogP) is 3.01. The van der Waals surface area contributed by atoms with Crippen molar-refractivity contribution in [1.82, 2.24) is 10.3 Å². The molecule has 0 aliphatic heterocycles. The van der Waals surface area contributed by atoms with E-state index >= 15 is 0 Å². The summed E-state index contributed by atoms with van der Waals surface area (Å²) in [6.07, 6.45) is 4.15. The third-order valence-corrected chi connectivity index (χ3v) is 3.79. The van der Waals surface area contributed by atoms with Crippen LogP contribution in [0.1, 0.15) is 12.5 Å². The van der Waals surface area contributed by atoms with Crippen molar-refractivity contribution < 1.29 is 0 Å². The van der Waals surface area contributed by atoms with Gasteiger partial charge in [0.25, 0.3) is 0 Å². The Labute approximate surface area is 101 Å². The van der Waals surface area contributed by atoms with Gasteiger partial charge in [-0.1, -0.05) is 25.1 Å². The molecule has 1 atom stereocenters. The molecule has 0 saturated heterocycles. The molecule has 2 aromatic rings. The molecule has 16 heavy (non-hydrogen) atoms. The van der Waals surface area contributed by atoms with Crippen LogP contribution in [-0.4, -0.2) is 23.0 Å². The maximum absolute atomic E-state index is 3.49. The first-order chi connectivity index (χ1) is 7.81. The predicted molar refractivity (Wildman–Crippen MR) is 73.0 cm³/mol. The molecule has 2 N–H and O–H groups in total. The van der Waals surface area contributed by atoms with E-state index in [1.165, 1.54) is 16.5 Å². The van der Waals surface area contributed by atoms with Gasteiger partial charge >= 0.3 is 0 Å². The van der Waals surface area contributed by atoms with E-state index < -0.39 is 0 Å². The minimum absolute atomic E-state index is 0.669. The summed E-state index contributed by atoms with van der Waals surface area (Å²) in [5, 5.41) is 5.45. The highest BCUT2D eigenvalue weighted by Crippen LogP contribution is 2.16. The van der Waals surface area contributed by atoms with E-state index in [2.05, 4.69) is 47.7 Å². The van der Waals surface area contributed by atoms with Gasteiger partial charge in [-0.25, -0.2) is 0 Å². The van der Waals surface area contributed by atoms with E-state index in [-0.39, 0.29) is 0 Å². The van der Waals surface area contributed by atoms with Crippen LogP contribution in [0, 0.1) is 0 Å². The normalized spacial score (nSPS) is 13.1. The molecule has 2 nitrogen and oxygen atoms in total. The highest BCUT2D eigenvalue weighted by Gasteiger charge is 2.02. The van der Waals surface area contributed by atoms with Gasteiger partial charge in [-0.15, -0.1) is 0 Å². The summed E-state index contributed by atoms with van der Waals surface area (Å²) in [6.45, 7) is 4.23. The van der Waals surface area contributed by atoms with E-state index in [0.717, 1.165) is 13.1 Å². The number of nitrogens with one attached hydrogen (secondary N) is 2. The molecule has 1 aromatic heterocycles. The minimum atomic E-state index is 0.669. The lowest BCUT2D eigenvalue weighted by molar-refractivity contribution is 0.687. The fourth-order valence-electron chi connectivity index (χ4n) is 1.79. The van der Waals surface area contributed by atoms with Crippen molar-refractivity contribution in [3.8, 4) is 0 Å². The zero-order valence-electron chi connectivity index (χ0n) is 9.79. The first-order valence-electron chi connectivity index (χ1n) is 5.59. The van der Waals surface area contributed by atoms with Gasteiger partial charge in [-0.3, -0.25) is 0 Å². The smallest absolute Gasteiger partial charge is 0.0499 e. The highest BCUT2D eigenvalue weighted by atomic mass is 32.2. The van der Waals surface area contributed by atoms with E-state index in [1.54, 1.807) is 0 Å². The van der Waals surface area contributed by atoms with Crippen LogP contribution in [0.3, 0.4) is 0 Å². The number of benzene rings is 1. The molecule has 86 valence electrons. The van der Waals surface area contributed by atoms with Gasteiger partial charge in [-0.2, -0.15) is 11.8 Å². The number of hydrogen-bond acceptors (Lipinski definition) is 2. The lowest BCUT2D eigenvalue weighted by Crippen LogP contribution is -2.22. The summed E-state index contributed by atoms with van der Waals surface area (Å²) in [5.74, 6) is 0. The summed E-state index contributed by atoms with van der Waals surface area (Å²) in [6, 6.07) is 8.55. The minimum Gasteiger partial charge on any atom is -0.361 e. The average Bonchev–Trinajstić information content (AvgIpc) is 2.77. The molecule has 0 amide bonds. The van der Waals surface area contributed by atoms with Crippen molar-refractivity contribution in [3.63, 3.8) is 0 Å². The van der Waals surface area contributed by atoms with Crippen molar-refractivity contribution in [2.75, 3.05) is 12.8 Å². The molecule has 0 aliphatic rings. The van der Waals surface area contributed by atoms with Gasteiger partial charge in [0.1, 0.15) is 0 Å². The number of aromatic amines is 1. The number of rotatable bonds is 5. The Morgan fingerprint density at radius 2 is 2.25 bits per heavy atom. The number of fused-ring (bicyclic) bond motifs is 1. The van der Waals surface area contributed by atoms with Crippen LogP contribution in [0.5, 0.6) is 0 Å². The van der Waals surface area contributed by atoms with Gasteiger partial charge in [-0.05, 0) is 23.3 Å². The van der Waals surface area contributed by atoms with Crippen LogP contribution < -0.4 is 5.32 Å². The van der Waals surface area contributed by atoms with E-state index in [4.69, 9.17) is 0 Å². The molecule has 1 heterocycles. The van der Waals surface area contributed by atoms with Crippen molar-refractivity contribution in [1.29, 1.82) is 0 Å². The molecule has 2 rings (SSSR count). The van der Waals surface area contributed by atoms with E-state index in [9.17, 15) is 0 Å². The number of thioether (sulfide) groups is 1. The Bertz CT molecular complexity index is 450. The fraction of sp³-hybridized carbons (Fsp3) is 0.385. The lowest BCUT2D eigenvalue weighted by atomic mass is 10.1. The molecule has 0 radical (unpaired) electrons. The Balaban J connectivity index is 2.01. The molecule has 0 bridgehead atoms.